The van der Waals surface area contributed by atoms with Gasteiger partial charge in [-0.3, -0.25) is 0 Å². The summed E-state index contributed by atoms with van der Waals surface area (Å²) in [7, 11) is 0. The molecule has 0 aliphatic heterocycles. The van der Waals surface area contributed by atoms with Crippen molar-refractivity contribution in [3.63, 3.8) is 0 Å². The molecule has 0 saturated heterocycles. The summed E-state index contributed by atoms with van der Waals surface area (Å²) in [6.07, 6.45) is 0. The van der Waals surface area contributed by atoms with E-state index in [0.717, 1.165) is 12.1 Å². The number of halogens is 5. The van der Waals surface area contributed by atoms with E-state index in [2.05, 4.69) is 5.32 Å². The van der Waals surface area contributed by atoms with Gasteiger partial charge >= 0.3 is 0 Å². The Hall–Kier alpha value is -1.59. The summed E-state index contributed by atoms with van der Waals surface area (Å²) in [5.41, 5.74) is -0.0665. The molecular weight excluding hydrogens is 306 g/mol. The monoisotopic (exact) mass is 317 g/mol. The first-order chi connectivity index (χ1) is 9.93. The molecule has 0 aliphatic rings. The highest BCUT2D eigenvalue weighted by Gasteiger charge is 2.22. The van der Waals surface area contributed by atoms with E-state index in [4.69, 9.17) is 11.6 Å². The molecule has 6 heteroatoms. The van der Waals surface area contributed by atoms with Crippen LogP contribution in [0.25, 0.3) is 0 Å². The highest BCUT2D eigenvalue weighted by Crippen LogP contribution is 2.29. The van der Waals surface area contributed by atoms with E-state index in [1.807, 2.05) is 0 Å². The van der Waals surface area contributed by atoms with Gasteiger partial charge in [-0.2, -0.15) is 0 Å². The van der Waals surface area contributed by atoms with Crippen molar-refractivity contribution in [2.45, 2.75) is 13.0 Å². The van der Waals surface area contributed by atoms with Crippen LogP contribution in [0.3, 0.4) is 0 Å². The maximum absolute atomic E-state index is 14.0. The lowest BCUT2D eigenvalue weighted by Gasteiger charge is -2.20. The van der Waals surface area contributed by atoms with Gasteiger partial charge in [-0.15, -0.1) is 0 Å². The molecule has 1 nitrogen and oxygen atoms in total. The number of benzene rings is 2. The average molecular weight is 318 g/mol. The van der Waals surface area contributed by atoms with Crippen LogP contribution in [0, 0.1) is 23.3 Å². The molecule has 0 bridgehead atoms. The number of nitrogens with one attached hydrogen (secondary N) is 1. The third kappa shape index (κ3) is 3.36. The second-order valence-electron chi connectivity index (χ2n) is 4.44. The minimum atomic E-state index is -1.29. The van der Waals surface area contributed by atoms with Gasteiger partial charge < -0.3 is 5.32 Å². The zero-order valence-corrected chi connectivity index (χ0v) is 11.8. The normalized spacial score (nSPS) is 12.5. The summed E-state index contributed by atoms with van der Waals surface area (Å²) in [4.78, 5) is 0. The van der Waals surface area contributed by atoms with Gasteiger partial charge in [-0.25, -0.2) is 17.6 Å². The van der Waals surface area contributed by atoms with Gasteiger partial charge in [0, 0.05) is 22.2 Å². The molecule has 0 saturated carbocycles. The fourth-order valence-electron chi connectivity index (χ4n) is 2.09. The summed E-state index contributed by atoms with van der Waals surface area (Å²) < 4.78 is 54.3. The second kappa shape index (κ2) is 6.45. The molecule has 0 aromatic heterocycles. The standard InChI is InChI=1S/C15H12ClF4N/c1-2-21-15(9-4-3-8(16)5-11(9)17)10-6-13(19)14(20)7-12(10)18/h3-7,15,21H,2H2,1H3. The van der Waals surface area contributed by atoms with Crippen LogP contribution in [0.1, 0.15) is 24.1 Å². The number of hydrogen-bond acceptors (Lipinski definition) is 1. The number of rotatable bonds is 4. The summed E-state index contributed by atoms with van der Waals surface area (Å²) >= 11 is 5.68. The summed E-state index contributed by atoms with van der Waals surface area (Å²) in [5.74, 6) is -4.08. The van der Waals surface area contributed by atoms with Crippen molar-refractivity contribution in [2.75, 3.05) is 6.54 Å². The van der Waals surface area contributed by atoms with Crippen LogP contribution in [-0.4, -0.2) is 6.54 Å². The highest BCUT2D eigenvalue weighted by atomic mass is 35.5. The first kappa shape index (κ1) is 15.8. The van der Waals surface area contributed by atoms with Crippen LogP contribution in [-0.2, 0) is 0 Å². The predicted octanol–water partition coefficient (Wildman–Crippen LogP) is 4.60. The van der Waals surface area contributed by atoms with E-state index in [9.17, 15) is 17.6 Å². The van der Waals surface area contributed by atoms with Crippen molar-refractivity contribution in [3.05, 3.63) is 69.8 Å². The van der Waals surface area contributed by atoms with Crippen molar-refractivity contribution in [1.82, 2.24) is 5.32 Å². The minimum Gasteiger partial charge on any atom is -0.306 e. The van der Waals surface area contributed by atoms with E-state index >= 15 is 0 Å². The van der Waals surface area contributed by atoms with Crippen LogP contribution in [0.2, 0.25) is 5.02 Å². The first-order valence-corrected chi connectivity index (χ1v) is 6.64. The lowest BCUT2D eigenvalue weighted by atomic mass is 9.97. The Labute approximate surface area is 124 Å². The highest BCUT2D eigenvalue weighted by molar-refractivity contribution is 6.30. The third-order valence-corrected chi connectivity index (χ3v) is 3.27. The zero-order chi connectivity index (χ0) is 15.6. The Balaban J connectivity index is 2.55. The van der Waals surface area contributed by atoms with Crippen molar-refractivity contribution < 1.29 is 17.6 Å². The first-order valence-electron chi connectivity index (χ1n) is 6.26. The molecule has 21 heavy (non-hydrogen) atoms. The van der Waals surface area contributed by atoms with E-state index in [1.54, 1.807) is 6.92 Å². The maximum atomic E-state index is 14.0. The van der Waals surface area contributed by atoms with Crippen molar-refractivity contribution in [2.24, 2.45) is 0 Å². The molecule has 112 valence electrons. The zero-order valence-electron chi connectivity index (χ0n) is 11.1. The van der Waals surface area contributed by atoms with Gasteiger partial charge in [0.25, 0.3) is 0 Å². The Kier molecular flexibility index (Phi) is 4.85. The number of hydrogen-bond donors (Lipinski definition) is 1. The van der Waals surface area contributed by atoms with Crippen LogP contribution in [0.5, 0.6) is 0 Å². The van der Waals surface area contributed by atoms with E-state index in [1.165, 1.54) is 12.1 Å². The van der Waals surface area contributed by atoms with Crippen LogP contribution >= 0.6 is 11.6 Å². The SMILES string of the molecule is CCNC(c1ccc(Cl)cc1F)c1cc(F)c(F)cc1F. The van der Waals surface area contributed by atoms with Crippen LogP contribution in [0.15, 0.2) is 30.3 Å². The van der Waals surface area contributed by atoms with Crippen molar-refractivity contribution >= 4 is 11.6 Å². The van der Waals surface area contributed by atoms with Gasteiger partial charge in [0.15, 0.2) is 11.6 Å². The van der Waals surface area contributed by atoms with Crippen molar-refractivity contribution in [1.29, 1.82) is 0 Å². The molecule has 1 atom stereocenters. The van der Waals surface area contributed by atoms with Gasteiger partial charge in [-0.1, -0.05) is 24.6 Å². The molecule has 0 aliphatic carbocycles. The lowest BCUT2D eigenvalue weighted by Crippen LogP contribution is -2.24. The molecule has 0 heterocycles. The molecule has 2 rings (SSSR count). The summed E-state index contributed by atoms with van der Waals surface area (Å²) in [5, 5.41) is 3.04. The lowest BCUT2D eigenvalue weighted by molar-refractivity contribution is 0.477. The minimum absolute atomic E-state index is 0.103. The molecule has 0 spiro atoms. The van der Waals surface area contributed by atoms with Crippen LogP contribution in [0.4, 0.5) is 17.6 Å². The Morgan fingerprint density at radius 2 is 1.52 bits per heavy atom. The van der Waals surface area contributed by atoms with Gasteiger partial charge in [0.1, 0.15) is 11.6 Å². The summed E-state index contributed by atoms with van der Waals surface area (Å²) in [6, 6.07) is 4.14. The van der Waals surface area contributed by atoms with E-state index < -0.39 is 29.3 Å². The molecule has 1 unspecified atom stereocenters. The second-order valence-corrected chi connectivity index (χ2v) is 4.88. The molecule has 2 aromatic carbocycles. The van der Waals surface area contributed by atoms with Gasteiger partial charge in [0.2, 0.25) is 0 Å². The summed E-state index contributed by atoms with van der Waals surface area (Å²) in [6.45, 7) is 2.11. The Morgan fingerprint density at radius 3 is 2.14 bits per heavy atom. The molecule has 0 fully saturated rings. The molecule has 1 N–H and O–H groups in total. The molecular formula is C15H12ClF4N. The Bertz CT molecular complexity index is 660. The predicted molar refractivity (Wildman–Crippen MR) is 73.2 cm³/mol. The van der Waals surface area contributed by atoms with Crippen molar-refractivity contribution in [3.8, 4) is 0 Å². The van der Waals surface area contributed by atoms with Gasteiger partial charge in [0.05, 0.1) is 6.04 Å². The largest absolute Gasteiger partial charge is 0.306 e. The van der Waals surface area contributed by atoms with E-state index in [0.29, 0.717) is 12.6 Å². The Morgan fingerprint density at radius 1 is 0.905 bits per heavy atom. The van der Waals surface area contributed by atoms with Crippen LogP contribution < -0.4 is 5.32 Å². The van der Waals surface area contributed by atoms with E-state index in [-0.39, 0.29) is 16.1 Å². The molecule has 0 radical (unpaired) electrons. The fraction of sp³-hybridized carbons (Fsp3) is 0.200. The quantitative estimate of drug-likeness (QED) is 0.642. The average Bonchev–Trinajstić information content (AvgIpc) is 2.41. The maximum Gasteiger partial charge on any atom is 0.161 e. The molecule has 0 amide bonds. The topological polar surface area (TPSA) is 12.0 Å². The smallest absolute Gasteiger partial charge is 0.161 e. The fourth-order valence-corrected chi connectivity index (χ4v) is 2.25. The third-order valence-electron chi connectivity index (χ3n) is 3.03. The molecule has 2 aromatic rings. The van der Waals surface area contributed by atoms with Gasteiger partial charge in [-0.05, 0) is 24.7 Å².